The van der Waals surface area contributed by atoms with Gasteiger partial charge in [-0.15, -0.1) is 0 Å². The molecule has 4 rings (SSSR count). The zero-order valence-corrected chi connectivity index (χ0v) is 18.2. The summed E-state index contributed by atoms with van der Waals surface area (Å²) in [4.78, 5) is 15.9. The molecule has 10 heteroatoms. The number of carbonyl (C=O) groups is 1. The van der Waals surface area contributed by atoms with Crippen LogP contribution in [0.4, 0.5) is 17.2 Å². The summed E-state index contributed by atoms with van der Waals surface area (Å²) in [5.74, 6) is 0.607. The first-order chi connectivity index (χ1) is 14.7. The van der Waals surface area contributed by atoms with E-state index < -0.39 is 9.84 Å². The Balaban J connectivity index is 1.76. The second kappa shape index (κ2) is 8.03. The van der Waals surface area contributed by atoms with Crippen LogP contribution in [-0.2, 0) is 21.7 Å². The summed E-state index contributed by atoms with van der Waals surface area (Å²) in [5.41, 5.74) is 2.53. The molecule has 0 atom stereocenters. The molecule has 1 fully saturated rings. The number of amides is 1. The van der Waals surface area contributed by atoms with Crippen LogP contribution in [0.25, 0.3) is 11.3 Å². The molecule has 1 aliphatic rings. The van der Waals surface area contributed by atoms with Gasteiger partial charge < -0.3 is 15.4 Å². The number of nitrogens with zero attached hydrogens (tertiary/aromatic N) is 3. The van der Waals surface area contributed by atoms with Crippen molar-refractivity contribution in [3.63, 3.8) is 0 Å². The molecule has 0 unspecified atom stereocenters. The van der Waals surface area contributed by atoms with E-state index in [2.05, 4.69) is 20.7 Å². The van der Waals surface area contributed by atoms with Gasteiger partial charge in [-0.1, -0.05) is 0 Å². The molecule has 0 bridgehead atoms. The zero-order valence-electron chi connectivity index (χ0n) is 17.4. The number of ether oxygens (including phenoxy) is 1. The summed E-state index contributed by atoms with van der Waals surface area (Å²) >= 11 is 0. The fourth-order valence-electron chi connectivity index (χ4n) is 3.03. The highest BCUT2D eigenvalue weighted by Gasteiger charge is 2.24. The molecule has 162 valence electrons. The number of pyridine rings is 1. The molecule has 2 aromatic heterocycles. The highest BCUT2D eigenvalue weighted by Crippen LogP contribution is 2.35. The molecule has 1 saturated carbocycles. The van der Waals surface area contributed by atoms with E-state index in [0.717, 1.165) is 19.1 Å². The maximum atomic E-state index is 12.2. The van der Waals surface area contributed by atoms with E-state index in [1.54, 1.807) is 29.1 Å². The van der Waals surface area contributed by atoms with Gasteiger partial charge in [0.2, 0.25) is 5.91 Å². The molecular formula is C21H23N5O4S. The van der Waals surface area contributed by atoms with Gasteiger partial charge in [0, 0.05) is 56.0 Å². The highest BCUT2D eigenvalue weighted by atomic mass is 32.2. The normalized spacial score (nSPS) is 13.6. The van der Waals surface area contributed by atoms with Gasteiger partial charge in [0.05, 0.1) is 22.4 Å². The van der Waals surface area contributed by atoms with Crippen molar-refractivity contribution in [1.29, 1.82) is 0 Å². The number of benzene rings is 1. The van der Waals surface area contributed by atoms with Gasteiger partial charge in [0.15, 0.2) is 9.84 Å². The van der Waals surface area contributed by atoms with E-state index in [4.69, 9.17) is 4.74 Å². The van der Waals surface area contributed by atoms with Gasteiger partial charge in [-0.3, -0.25) is 9.48 Å². The van der Waals surface area contributed by atoms with Crippen LogP contribution in [0.2, 0.25) is 0 Å². The van der Waals surface area contributed by atoms with E-state index in [1.165, 1.54) is 13.0 Å². The third-order valence-electron chi connectivity index (χ3n) is 4.61. The number of sulfone groups is 1. The van der Waals surface area contributed by atoms with Crippen molar-refractivity contribution in [1.82, 2.24) is 14.8 Å². The summed E-state index contributed by atoms with van der Waals surface area (Å²) in [6.07, 6.45) is 6.62. The molecule has 0 spiro atoms. The fourth-order valence-corrected chi connectivity index (χ4v) is 3.70. The predicted molar refractivity (Wildman–Crippen MR) is 117 cm³/mol. The molecule has 3 aromatic rings. The third kappa shape index (κ3) is 5.21. The Kier molecular flexibility index (Phi) is 5.40. The summed E-state index contributed by atoms with van der Waals surface area (Å²) in [5, 5.41) is 10.3. The maximum Gasteiger partial charge on any atom is 0.222 e. The largest absolute Gasteiger partial charge is 0.490 e. The molecule has 0 saturated heterocycles. The Labute approximate surface area is 180 Å². The van der Waals surface area contributed by atoms with Gasteiger partial charge >= 0.3 is 0 Å². The van der Waals surface area contributed by atoms with E-state index >= 15 is 0 Å². The number of rotatable bonds is 7. The summed E-state index contributed by atoms with van der Waals surface area (Å²) in [6, 6.07) is 8.37. The number of carbonyl (C=O) groups excluding carboxylic acids is 1. The summed E-state index contributed by atoms with van der Waals surface area (Å²) in [6.45, 7) is 1.40. The Morgan fingerprint density at radius 3 is 2.61 bits per heavy atom. The Morgan fingerprint density at radius 2 is 2.00 bits per heavy atom. The van der Waals surface area contributed by atoms with Crippen molar-refractivity contribution in [3.8, 4) is 17.0 Å². The quantitative estimate of drug-likeness (QED) is 0.579. The smallest absolute Gasteiger partial charge is 0.222 e. The lowest BCUT2D eigenvalue weighted by Gasteiger charge is -2.15. The number of aryl methyl sites for hydroxylation is 1. The fraction of sp³-hybridized carbons (Fsp3) is 0.286. The minimum atomic E-state index is -3.44. The van der Waals surface area contributed by atoms with Crippen LogP contribution in [-0.4, -0.2) is 41.4 Å². The first-order valence-corrected chi connectivity index (χ1v) is 11.6. The lowest BCUT2D eigenvalue weighted by Crippen LogP contribution is -2.08. The minimum absolute atomic E-state index is 0.124. The maximum absolute atomic E-state index is 12.2. The van der Waals surface area contributed by atoms with Gasteiger partial charge in [0.25, 0.3) is 0 Å². The zero-order chi connectivity index (χ0) is 22.2. The first-order valence-electron chi connectivity index (χ1n) is 9.74. The number of anilines is 3. The molecule has 31 heavy (non-hydrogen) atoms. The van der Waals surface area contributed by atoms with E-state index in [1.807, 2.05) is 19.3 Å². The molecule has 2 heterocycles. The third-order valence-corrected chi connectivity index (χ3v) is 5.70. The number of hydrogen-bond donors (Lipinski definition) is 2. The Hall–Kier alpha value is -3.40. The standard InChI is InChI=1S/C21H23N5O4S/c1-13(27)23-21-11-20(18(12-22-21)19-6-7-26(2)25-19)24-14-8-16(30-15-4-5-15)10-17(9-14)31(3,28)29/h6-12,15H,4-5H2,1-3H3,(H2,22,23,24,27). The van der Waals surface area contributed by atoms with Gasteiger partial charge in [-0.25, -0.2) is 13.4 Å². The van der Waals surface area contributed by atoms with Gasteiger partial charge in [-0.2, -0.15) is 5.10 Å². The van der Waals surface area contributed by atoms with Crippen LogP contribution in [0.1, 0.15) is 19.8 Å². The average Bonchev–Trinajstić information content (AvgIpc) is 3.38. The number of hydrogen-bond acceptors (Lipinski definition) is 7. The van der Waals surface area contributed by atoms with Crippen molar-refractivity contribution in [3.05, 3.63) is 42.7 Å². The van der Waals surface area contributed by atoms with Crippen LogP contribution >= 0.6 is 0 Å². The average molecular weight is 442 g/mol. The van der Waals surface area contributed by atoms with Crippen molar-refractivity contribution < 1.29 is 17.9 Å². The van der Waals surface area contributed by atoms with Crippen LogP contribution in [0, 0.1) is 0 Å². The first kappa shape index (κ1) is 20.9. The molecule has 1 aliphatic carbocycles. The van der Waals surface area contributed by atoms with Crippen LogP contribution in [0.5, 0.6) is 5.75 Å². The molecule has 2 N–H and O–H groups in total. The van der Waals surface area contributed by atoms with Crippen LogP contribution in [0.3, 0.4) is 0 Å². The second-order valence-electron chi connectivity index (χ2n) is 7.58. The van der Waals surface area contributed by atoms with Crippen molar-refractivity contribution in [2.24, 2.45) is 7.05 Å². The molecule has 0 aliphatic heterocycles. The molecular weight excluding hydrogens is 418 g/mol. The monoisotopic (exact) mass is 441 g/mol. The molecule has 1 amide bonds. The predicted octanol–water partition coefficient (Wildman–Crippen LogP) is 3.13. The van der Waals surface area contributed by atoms with E-state index in [-0.39, 0.29) is 16.9 Å². The Bertz CT molecular complexity index is 1250. The van der Waals surface area contributed by atoms with E-state index in [0.29, 0.717) is 34.2 Å². The number of nitrogens with one attached hydrogen (secondary N) is 2. The highest BCUT2D eigenvalue weighted by molar-refractivity contribution is 7.90. The molecule has 9 nitrogen and oxygen atoms in total. The van der Waals surface area contributed by atoms with E-state index in [9.17, 15) is 13.2 Å². The molecule has 0 radical (unpaired) electrons. The Morgan fingerprint density at radius 1 is 1.23 bits per heavy atom. The molecule has 1 aromatic carbocycles. The van der Waals surface area contributed by atoms with Gasteiger partial charge in [0.1, 0.15) is 11.6 Å². The minimum Gasteiger partial charge on any atom is -0.490 e. The lowest BCUT2D eigenvalue weighted by atomic mass is 10.1. The van der Waals surface area contributed by atoms with Crippen molar-refractivity contribution in [2.75, 3.05) is 16.9 Å². The van der Waals surface area contributed by atoms with Crippen LogP contribution in [0.15, 0.2) is 47.6 Å². The van der Waals surface area contributed by atoms with Gasteiger partial charge in [-0.05, 0) is 31.0 Å². The second-order valence-corrected chi connectivity index (χ2v) is 9.59. The summed E-state index contributed by atoms with van der Waals surface area (Å²) in [7, 11) is -1.63. The van der Waals surface area contributed by atoms with Crippen molar-refractivity contribution >= 4 is 32.9 Å². The van der Waals surface area contributed by atoms with Crippen LogP contribution < -0.4 is 15.4 Å². The number of aromatic nitrogens is 3. The summed E-state index contributed by atoms with van der Waals surface area (Å²) < 4.78 is 31.9. The van der Waals surface area contributed by atoms with Crippen molar-refractivity contribution in [2.45, 2.75) is 30.8 Å². The lowest BCUT2D eigenvalue weighted by molar-refractivity contribution is -0.114. The SMILES string of the molecule is CC(=O)Nc1cc(Nc2cc(OC3CC3)cc(S(C)(=O)=O)c2)c(-c2ccn(C)n2)cn1. The topological polar surface area (TPSA) is 115 Å².